The maximum absolute atomic E-state index is 6.93. The van der Waals surface area contributed by atoms with E-state index in [-0.39, 0.29) is 29.6 Å². The third-order valence-electron chi connectivity index (χ3n) is 9.37. The first kappa shape index (κ1) is 23.8. The highest BCUT2D eigenvalue weighted by Gasteiger charge is 2.62. The molecule has 6 unspecified atom stereocenters. The van der Waals surface area contributed by atoms with Gasteiger partial charge in [0.25, 0.3) is 0 Å². The molecule has 3 N–H and O–H groups in total. The van der Waals surface area contributed by atoms with E-state index in [2.05, 4.69) is 71.0 Å². The van der Waals surface area contributed by atoms with Crippen molar-refractivity contribution in [2.24, 2.45) is 22.6 Å². The number of nitrogens with two attached hydrogens (primary N) is 1. The van der Waals surface area contributed by atoms with Crippen molar-refractivity contribution in [3.05, 3.63) is 101 Å². The molecular formula is C33H37N3O2. The summed E-state index contributed by atoms with van der Waals surface area (Å²) in [5, 5.41) is 3.55. The quantitative estimate of drug-likeness (QED) is 0.309. The number of para-hydroxylation sites is 1. The van der Waals surface area contributed by atoms with Gasteiger partial charge in [-0.05, 0) is 80.4 Å². The predicted octanol–water partition coefficient (Wildman–Crippen LogP) is 5.78. The van der Waals surface area contributed by atoms with E-state index in [9.17, 15) is 0 Å². The van der Waals surface area contributed by atoms with Gasteiger partial charge in [-0.1, -0.05) is 48.6 Å². The van der Waals surface area contributed by atoms with Crippen LogP contribution in [0.25, 0.3) is 0 Å². The number of fused-ring (bicyclic) bond motifs is 8. The lowest BCUT2D eigenvalue weighted by Crippen LogP contribution is -2.62. The smallest absolute Gasteiger partial charge is 0.126 e. The summed E-state index contributed by atoms with van der Waals surface area (Å²) < 4.78 is 13.7. The van der Waals surface area contributed by atoms with E-state index in [0.717, 1.165) is 56.4 Å². The van der Waals surface area contributed by atoms with Crippen LogP contribution in [0.15, 0.2) is 100 Å². The van der Waals surface area contributed by atoms with Crippen LogP contribution in [0.3, 0.4) is 0 Å². The zero-order chi connectivity index (χ0) is 25.7. The molecule has 1 fully saturated rings. The zero-order valence-corrected chi connectivity index (χ0v) is 22.1. The molecular weight excluding hydrogens is 470 g/mol. The third kappa shape index (κ3) is 3.59. The van der Waals surface area contributed by atoms with Crippen molar-refractivity contribution >= 4 is 5.84 Å². The molecule has 0 saturated carbocycles. The number of hydrogen-bond acceptors (Lipinski definition) is 4. The van der Waals surface area contributed by atoms with Gasteiger partial charge in [0.05, 0.1) is 12.2 Å². The van der Waals surface area contributed by atoms with E-state index in [0.29, 0.717) is 11.8 Å². The van der Waals surface area contributed by atoms with Crippen molar-refractivity contribution in [2.45, 2.75) is 69.2 Å². The molecule has 3 aliphatic heterocycles. The largest absolute Gasteiger partial charge is 0.485 e. The Kier molecular flexibility index (Phi) is 5.92. The van der Waals surface area contributed by atoms with Gasteiger partial charge in [-0.2, -0.15) is 0 Å². The summed E-state index contributed by atoms with van der Waals surface area (Å²) >= 11 is 0. The zero-order valence-electron chi connectivity index (χ0n) is 22.1. The van der Waals surface area contributed by atoms with Gasteiger partial charge in [0.2, 0.25) is 0 Å². The summed E-state index contributed by atoms with van der Waals surface area (Å²) in [5.41, 5.74) is 12.6. The van der Waals surface area contributed by atoms with Crippen LogP contribution in [0.1, 0.15) is 51.0 Å². The molecule has 3 heterocycles. The first-order chi connectivity index (χ1) is 18.7. The highest BCUT2D eigenvalue weighted by Crippen LogP contribution is 2.62. The first-order valence-electron chi connectivity index (χ1n) is 14.3. The number of aliphatic imine (C=N–C) groups is 1. The molecule has 0 amide bonds. The van der Waals surface area contributed by atoms with Gasteiger partial charge in [0, 0.05) is 41.3 Å². The fourth-order valence-electron chi connectivity index (χ4n) is 7.87. The number of allylic oxidation sites excluding steroid dienone is 3. The van der Waals surface area contributed by atoms with Crippen LogP contribution in [0.2, 0.25) is 0 Å². The summed E-state index contributed by atoms with van der Waals surface area (Å²) in [6.07, 6.45) is 24.3. The Balaban J connectivity index is 1.39. The molecule has 6 atom stereocenters. The summed E-state index contributed by atoms with van der Waals surface area (Å²) in [6, 6.07) is 8.77. The van der Waals surface area contributed by atoms with Gasteiger partial charge >= 0.3 is 0 Å². The van der Waals surface area contributed by atoms with Crippen molar-refractivity contribution in [3.63, 3.8) is 0 Å². The number of nitrogens with one attached hydrogen (secondary N) is 1. The Morgan fingerprint density at radius 2 is 2.05 bits per heavy atom. The fourth-order valence-corrected chi connectivity index (χ4v) is 7.87. The molecule has 7 rings (SSSR count). The minimum atomic E-state index is -0.180. The molecule has 0 aromatic heterocycles. The van der Waals surface area contributed by atoms with Crippen LogP contribution in [0, 0.1) is 11.8 Å². The van der Waals surface area contributed by atoms with E-state index >= 15 is 0 Å². The monoisotopic (exact) mass is 507 g/mol. The lowest BCUT2D eigenvalue weighted by Gasteiger charge is -2.60. The van der Waals surface area contributed by atoms with E-state index in [1.807, 2.05) is 13.0 Å². The number of benzene rings is 1. The minimum absolute atomic E-state index is 0.0110. The summed E-state index contributed by atoms with van der Waals surface area (Å²) in [7, 11) is 0. The number of hydrogen-bond donors (Lipinski definition) is 2. The fraction of sp³-hybridized carbons (Fsp3) is 0.424. The SMILES string of the molecule is C/C=C\N=C(N)C1=CC2OC3CCCC=C3C3(c4ccccc4OC4C=C(C5=CCCN5)C=CC43)C2CC1. The second kappa shape index (κ2) is 9.46. The first-order valence-corrected chi connectivity index (χ1v) is 14.3. The molecule has 1 saturated heterocycles. The summed E-state index contributed by atoms with van der Waals surface area (Å²) in [5.74, 6) is 2.12. The number of rotatable bonds is 3. The molecule has 1 aromatic carbocycles. The van der Waals surface area contributed by atoms with E-state index < -0.39 is 0 Å². The predicted molar refractivity (Wildman–Crippen MR) is 152 cm³/mol. The Morgan fingerprint density at radius 3 is 2.92 bits per heavy atom. The minimum Gasteiger partial charge on any atom is -0.485 e. The standard InChI is InChI=1S/C33H37N3O2/c1-2-17-36-32(34)22-14-16-26-31(20-22)38-29-12-6-4-9-24(29)33(26)23-8-3-5-11-28(23)37-30-19-21(13-15-25(30)33)27-10-7-18-35-27/h2-3,5,8-11,13,15,17,19-20,25-26,29-31,35H,4,6-7,12,14,16,18H2,1H3,(H2,34,36)/b17-2-. The van der Waals surface area contributed by atoms with Crippen molar-refractivity contribution in [3.8, 4) is 5.75 Å². The summed E-state index contributed by atoms with van der Waals surface area (Å²) in [4.78, 5) is 4.47. The molecule has 3 aliphatic carbocycles. The molecule has 0 bridgehead atoms. The Labute approximate surface area is 225 Å². The van der Waals surface area contributed by atoms with Gasteiger partial charge in [-0.25, -0.2) is 4.99 Å². The van der Waals surface area contributed by atoms with Gasteiger partial charge in [0.1, 0.15) is 17.7 Å². The van der Waals surface area contributed by atoms with Gasteiger partial charge in [0.15, 0.2) is 0 Å². The molecule has 5 heteroatoms. The Morgan fingerprint density at radius 1 is 1.13 bits per heavy atom. The van der Waals surface area contributed by atoms with Gasteiger partial charge in [-0.15, -0.1) is 0 Å². The summed E-state index contributed by atoms with van der Waals surface area (Å²) in [6.45, 7) is 2.97. The van der Waals surface area contributed by atoms with E-state index in [1.165, 1.54) is 22.4 Å². The molecule has 6 aliphatic rings. The Bertz CT molecular complexity index is 1350. The molecule has 1 spiro atoms. The van der Waals surface area contributed by atoms with Crippen LogP contribution in [-0.2, 0) is 10.2 Å². The Hall–Kier alpha value is -3.31. The maximum atomic E-state index is 6.93. The number of amidine groups is 1. The second-order valence-corrected chi connectivity index (χ2v) is 11.3. The third-order valence-corrected chi connectivity index (χ3v) is 9.37. The molecule has 38 heavy (non-hydrogen) atoms. The van der Waals surface area contributed by atoms with Gasteiger partial charge in [-0.3, -0.25) is 0 Å². The molecule has 5 nitrogen and oxygen atoms in total. The van der Waals surface area contributed by atoms with Crippen molar-refractivity contribution in [2.75, 3.05) is 6.54 Å². The van der Waals surface area contributed by atoms with Crippen LogP contribution in [0.5, 0.6) is 5.75 Å². The van der Waals surface area contributed by atoms with Crippen molar-refractivity contribution < 1.29 is 9.47 Å². The van der Waals surface area contributed by atoms with Gasteiger partial charge < -0.3 is 20.5 Å². The average Bonchev–Trinajstić information content (AvgIpc) is 3.50. The lowest BCUT2D eigenvalue weighted by atomic mass is 9.49. The lowest BCUT2D eigenvalue weighted by molar-refractivity contribution is -0.0933. The average molecular weight is 508 g/mol. The van der Waals surface area contributed by atoms with Crippen molar-refractivity contribution in [1.82, 2.24) is 5.32 Å². The van der Waals surface area contributed by atoms with Crippen molar-refractivity contribution in [1.29, 1.82) is 0 Å². The molecule has 1 aromatic rings. The number of nitrogens with zero attached hydrogens (tertiary/aromatic N) is 1. The molecule has 0 radical (unpaired) electrons. The highest BCUT2D eigenvalue weighted by atomic mass is 16.5. The number of ether oxygens (including phenoxy) is 2. The van der Waals surface area contributed by atoms with Crippen LogP contribution < -0.4 is 15.8 Å². The van der Waals surface area contributed by atoms with Crippen LogP contribution in [-0.4, -0.2) is 30.7 Å². The van der Waals surface area contributed by atoms with Crippen LogP contribution >= 0.6 is 0 Å². The molecule has 196 valence electrons. The maximum Gasteiger partial charge on any atom is 0.126 e. The van der Waals surface area contributed by atoms with E-state index in [1.54, 1.807) is 6.20 Å². The second-order valence-electron chi connectivity index (χ2n) is 11.3. The highest BCUT2D eigenvalue weighted by molar-refractivity contribution is 5.97. The topological polar surface area (TPSA) is 68.9 Å². The van der Waals surface area contributed by atoms with Crippen LogP contribution in [0.4, 0.5) is 0 Å². The van der Waals surface area contributed by atoms with E-state index in [4.69, 9.17) is 15.2 Å². The normalized spacial score (nSPS) is 35.6.